The molecule has 6 rings (SSSR count). The number of amides is 3. The second kappa shape index (κ2) is 15.6. The first-order valence-electron chi connectivity index (χ1n) is 16.6. The number of rotatable bonds is 11. The Bertz CT molecular complexity index is 1840. The van der Waals surface area contributed by atoms with Gasteiger partial charge in [0.15, 0.2) is 11.8 Å². The predicted molar refractivity (Wildman–Crippen MR) is 193 cm³/mol. The van der Waals surface area contributed by atoms with Gasteiger partial charge in [-0.2, -0.15) is 0 Å². The maximum atomic E-state index is 14.3. The fraction of sp³-hybridized carbons (Fsp3) is 0.250. The Morgan fingerprint density at radius 3 is 1.88 bits per heavy atom. The number of β-lactam (4-membered cyclic amide) rings is 1. The van der Waals surface area contributed by atoms with E-state index in [1.165, 1.54) is 16.7 Å². The normalized spacial score (nSPS) is 17.5. The summed E-state index contributed by atoms with van der Waals surface area (Å²) in [5.74, 6) is -1.28. The van der Waals surface area contributed by atoms with Crippen molar-refractivity contribution in [2.24, 2.45) is 0 Å². The number of hydrogen-bond acceptors (Lipinski definition) is 8. The van der Waals surface area contributed by atoms with Crippen molar-refractivity contribution in [3.63, 3.8) is 0 Å². The van der Waals surface area contributed by atoms with E-state index in [2.05, 4.69) is 10.6 Å². The molecule has 2 N–H and O–H groups in total. The molecule has 11 heteroatoms. The fourth-order valence-corrected chi connectivity index (χ4v) is 7.07. The molecule has 1 fully saturated rings. The van der Waals surface area contributed by atoms with Crippen molar-refractivity contribution in [2.45, 2.75) is 56.5 Å². The molecular weight excluding hydrogens is 667 g/mol. The van der Waals surface area contributed by atoms with Gasteiger partial charge in [-0.3, -0.25) is 14.5 Å². The molecule has 0 spiro atoms. The molecule has 1 unspecified atom stereocenters. The van der Waals surface area contributed by atoms with E-state index < -0.39 is 53.0 Å². The summed E-state index contributed by atoms with van der Waals surface area (Å²) in [5, 5.41) is 4.83. The number of nitrogens with zero attached hydrogens (tertiary/aromatic N) is 1. The van der Waals surface area contributed by atoms with Gasteiger partial charge in [0.2, 0.25) is 5.91 Å². The lowest BCUT2D eigenvalue weighted by molar-refractivity contribution is -0.155. The van der Waals surface area contributed by atoms with E-state index in [0.717, 1.165) is 16.7 Å². The Morgan fingerprint density at radius 1 is 0.804 bits per heavy atom. The largest absolute Gasteiger partial charge is 0.490 e. The molecule has 2 aliphatic heterocycles. The molecule has 10 nitrogen and oxygen atoms in total. The molecule has 3 atom stereocenters. The first kappa shape index (κ1) is 35.3. The third-order valence-corrected chi connectivity index (χ3v) is 9.42. The Kier molecular flexibility index (Phi) is 10.8. The molecule has 51 heavy (non-hydrogen) atoms. The molecule has 0 aliphatic carbocycles. The van der Waals surface area contributed by atoms with Crippen LogP contribution in [0.4, 0.5) is 4.79 Å². The SMILES string of the molecule is CC(C)(C)OC(=O)NC(C(=O)N[C@@H]1C(=O)N2C(C(=O)OC(c3ccccc3)c3ccccc3)=C(OCc3ccccc3)CS[C@H]12)c1ccccc1. The molecule has 4 aromatic rings. The summed E-state index contributed by atoms with van der Waals surface area (Å²) >= 11 is 1.36. The van der Waals surface area contributed by atoms with Gasteiger partial charge in [0.1, 0.15) is 35.4 Å². The van der Waals surface area contributed by atoms with E-state index in [0.29, 0.717) is 11.3 Å². The Balaban J connectivity index is 1.26. The van der Waals surface area contributed by atoms with Crippen LogP contribution in [0.3, 0.4) is 0 Å². The van der Waals surface area contributed by atoms with E-state index in [-0.39, 0.29) is 18.1 Å². The van der Waals surface area contributed by atoms with Gasteiger partial charge >= 0.3 is 12.1 Å². The van der Waals surface area contributed by atoms with E-state index in [9.17, 15) is 19.2 Å². The summed E-state index contributed by atoms with van der Waals surface area (Å²) in [7, 11) is 0. The number of alkyl carbamates (subject to hydrolysis) is 1. The Morgan fingerprint density at radius 2 is 1.33 bits per heavy atom. The highest BCUT2D eigenvalue weighted by Gasteiger charge is 2.55. The average Bonchev–Trinajstić information content (AvgIpc) is 3.14. The molecule has 0 bridgehead atoms. The van der Waals surface area contributed by atoms with E-state index in [4.69, 9.17) is 14.2 Å². The minimum atomic E-state index is -1.14. The lowest BCUT2D eigenvalue weighted by atomic mass is 10.0. The van der Waals surface area contributed by atoms with Gasteiger partial charge in [0, 0.05) is 0 Å². The molecular formula is C40H39N3O7S. The summed E-state index contributed by atoms with van der Waals surface area (Å²) in [5.41, 5.74) is 2.12. The Hall–Kier alpha value is -5.55. The van der Waals surface area contributed by atoms with E-state index in [1.54, 1.807) is 51.1 Å². The molecule has 4 aromatic carbocycles. The highest BCUT2D eigenvalue weighted by Crippen LogP contribution is 2.42. The zero-order chi connectivity index (χ0) is 36.0. The minimum Gasteiger partial charge on any atom is -0.490 e. The van der Waals surface area contributed by atoms with Crippen LogP contribution in [0.1, 0.15) is 55.2 Å². The van der Waals surface area contributed by atoms with Gasteiger partial charge in [-0.1, -0.05) is 121 Å². The van der Waals surface area contributed by atoms with Crippen LogP contribution in [0.15, 0.2) is 133 Å². The summed E-state index contributed by atoms with van der Waals surface area (Å²) in [4.78, 5) is 56.1. The summed E-state index contributed by atoms with van der Waals surface area (Å²) in [6.45, 7) is 5.35. The highest BCUT2D eigenvalue weighted by atomic mass is 32.2. The predicted octanol–water partition coefficient (Wildman–Crippen LogP) is 6.41. The summed E-state index contributed by atoms with van der Waals surface area (Å²) < 4.78 is 17.8. The van der Waals surface area contributed by atoms with Crippen molar-refractivity contribution < 1.29 is 33.4 Å². The van der Waals surface area contributed by atoms with Crippen LogP contribution >= 0.6 is 11.8 Å². The van der Waals surface area contributed by atoms with Gasteiger partial charge in [-0.15, -0.1) is 11.8 Å². The van der Waals surface area contributed by atoms with Gasteiger partial charge in [-0.25, -0.2) is 9.59 Å². The number of nitrogens with one attached hydrogen (secondary N) is 2. The maximum Gasteiger partial charge on any atom is 0.408 e. The monoisotopic (exact) mass is 705 g/mol. The third-order valence-electron chi connectivity index (χ3n) is 8.17. The molecule has 262 valence electrons. The van der Waals surface area contributed by atoms with Gasteiger partial charge < -0.3 is 24.8 Å². The van der Waals surface area contributed by atoms with Crippen LogP contribution in [0.5, 0.6) is 0 Å². The first-order chi connectivity index (χ1) is 24.6. The zero-order valence-corrected chi connectivity index (χ0v) is 29.3. The lowest BCUT2D eigenvalue weighted by Gasteiger charge is -2.49. The van der Waals surface area contributed by atoms with Gasteiger partial charge in [0.05, 0.1) is 5.75 Å². The molecule has 1 saturated heterocycles. The third kappa shape index (κ3) is 8.43. The molecule has 0 aromatic heterocycles. The minimum absolute atomic E-state index is 0.00599. The molecule has 0 radical (unpaired) electrons. The number of carbonyl (C=O) groups excluding carboxylic acids is 4. The van der Waals surface area contributed by atoms with Crippen LogP contribution < -0.4 is 10.6 Å². The average molecular weight is 706 g/mol. The van der Waals surface area contributed by atoms with Crippen LogP contribution in [0, 0.1) is 0 Å². The number of benzene rings is 4. The van der Waals surface area contributed by atoms with Crippen molar-refractivity contribution in [2.75, 3.05) is 5.75 Å². The second-order valence-corrected chi connectivity index (χ2v) is 14.1. The quantitative estimate of drug-likeness (QED) is 0.136. The van der Waals surface area contributed by atoms with E-state index >= 15 is 0 Å². The number of carbonyl (C=O) groups is 4. The van der Waals surface area contributed by atoms with E-state index in [1.807, 2.05) is 91.0 Å². The number of thioether (sulfide) groups is 1. The number of ether oxygens (including phenoxy) is 3. The zero-order valence-electron chi connectivity index (χ0n) is 28.5. The van der Waals surface area contributed by atoms with Crippen molar-refractivity contribution in [3.05, 3.63) is 155 Å². The molecule has 0 saturated carbocycles. The topological polar surface area (TPSA) is 123 Å². The van der Waals surface area contributed by atoms with Crippen molar-refractivity contribution in [1.29, 1.82) is 0 Å². The number of fused-ring (bicyclic) bond motifs is 1. The Labute approximate surface area is 301 Å². The van der Waals surface area contributed by atoms with Crippen LogP contribution in [-0.2, 0) is 35.2 Å². The van der Waals surface area contributed by atoms with Gasteiger partial charge in [0.25, 0.3) is 5.91 Å². The molecule has 3 amide bonds. The van der Waals surface area contributed by atoms with Crippen molar-refractivity contribution >= 4 is 35.6 Å². The van der Waals surface area contributed by atoms with Crippen molar-refractivity contribution in [1.82, 2.24) is 15.5 Å². The fourth-order valence-electron chi connectivity index (χ4n) is 5.79. The van der Waals surface area contributed by atoms with Crippen LogP contribution in [-0.4, -0.2) is 51.5 Å². The second-order valence-electron chi connectivity index (χ2n) is 13.0. The smallest absolute Gasteiger partial charge is 0.408 e. The first-order valence-corrected chi connectivity index (χ1v) is 17.6. The standard InChI is InChI=1S/C40H39N3O7S/c1-40(2,3)50-39(47)42-31(27-18-10-5-11-19-27)35(44)41-32-36(45)43-33(30(25-51-37(32)43)48-24-26-16-8-4-9-17-26)38(46)49-34(28-20-12-6-13-21-28)29-22-14-7-15-23-29/h4-23,31-32,34,37H,24-25H2,1-3H3,(H,41,44)(H,42,47)/t31?,32-,37-/m1/s1. The maximum absolute atomic E-state index is 14.3. The molecule has 2 heterocycles. The highest BCUT2D eigenvalue weighted by molar-refractivity contribution is 8.00. The summed E-state index contributed by atoms with van der Waals surface area (Å²) in [6.07, 6.45) is -1.53. The van der Waals surface area contributed by atoms with Crippen LogP contribution in [0.2, 0.25) is 0 Å². The number of hydrogen-bond donors (Lipinski definition) is 2. The number of esters is 1. The lowest BCUT2D eigenvalue weighted by Crippen LogP contribution is -2.71. The molecule has 2 aliphatic rings. The van der Waals surface area contributed by atoms with Crippen LogP contribution in [0.25, 0.3) is 0 Å². The van der Waals surface area contributed by atoms with Crippen molar-refractivity contribution in [3.8, 4) is 0 Å². The van der Waals surface area contributed by atoms with Gasteiger partial charge in [-0.05, 0) is 43.0 Å². The summed E-state index contributed by atoms with van der Waals surface area (Å²) in [6, 6.07) is 34.8.